The Morgan fingerprint density at radius 1 is 1.57 bits per heavy atom. The van der Waals surface area contributed by atoms with Gasteiger partial charge in [-0.05, 0) is 0 Å². The van der Waals surface area contributed by atoms with Crippen molar-refractivity contribution in [3.8, 4) is 0 Å². The normalized spacial score (nSPS) is 9.64. The third-order valence-corrected chi connectivity index (χ3v) is 1.54. The fraction of sp³-hybridized carbons (Fsp3) is 0.667. The predicted molar refractivity (Wildman–Crippen MR) is 51.1 cm³/mol. The number of hydrogen-bond acceptors (Lipinski definition) is 4. The molecular weight excluding hydrogens is 212 g/mol. The van der Waals surface area contributed by atoms with Crippen LogP contribution in [-0.2, 0) is 4.79 Å². The molecule has 0 saturated heterocycles. The number of carbonyl (C=O) groups excluding carboxylic acids is 2. The van der Waals surface area contributed by atoms with Gasteiger partial charge in [-0.1, -0.05) is 0 Å². The van der Waals surface area contributed by atoms with Crippen molar-refractivity contribution in [3.05, 3.63) is 5.21 Å². The maximum atomic E-state index is 11.3. The van der Waals surface area contributed by atoms with Gasteiger partial charge >= 0.3 is 6.03 Å². The molecule has 0 aliphatic heterocycles. The van der Waals surface area contributed by atoms with E-state index in [-0.39, 0.29) is 19.0 Å². The Labute approximate surface area is 86.3 Å². The first kappa shape index (κ1) is 12.9. The molecule has 0 unspecified atom stereocenters. The molecule has 0 atom stereocenters. The predicted octanol–water partition coefficient (Wildman–Crippen LogP) is -0.933. The molecule has 0 aromatic carbocycles. The highest BCUT2D eigenvalue weighted by molar-refractivity contribution is 6.18. The number of nitrogens with one attached hydrogen (secondary N) is 1. The van der Waals surface area contributed by atoms with Crippen molar-refractivity contribution >= 4 is 23.5 Å². The SMILES string of the molecule is CN(CC(N)=O)C(=O)N(CCCl)N[O-]. The van der Waals surface area contributed by atoms with E-state index in [9.17, 15) is 14.8 Å². The second-order valence-corrected chi connectivity index (χ2v) is 2.91. The van der Waals surface area contributed by atoms with Gasteiger partial charge in [-0.3, -0.25) is 9.80 Å². The van der Waals surface area contributed by atoms with E-state index in [0.717, 1.165) is 9.91 Å². The van der Waals surface area contributed by atoms with Crippen LogP contribution >= 0.6 is 11.6 Å². The van der Waals surface area contributed by atoms with E-state index in [2.05, 4.69) is 0 Å². The Bertz CT molecular complexity index is 213. The van der Waals surface area contributed by atoms with Crippen molar-refractivity contribution in [2.75, 3.05) is 26.0 Å². The maximum absolute atomic E-state index is 11.3. The lowest BCUT2D eigenvalue weighted by atomic mass is 10.5. The zero-order valence-corrected chi connectivity index (χ0v) is 8.45. The number of urea groups is 1. The molecule has 0 rings (SSSR count). The number of hydrogen-bond donors (Lipinski definition) is 2. The summed E-state index contributed by atoms with van der Waals surface area (Å²) in [5.74, 6) is -0.539. The highest BCUT2D eigenvalue weighted by Crippen LogP contribution is 1.93. The van der Waals surface area contributed by atoms with E-state index in [1.165, 1.54) is 12.6 Å². The number of hydrazine groups is 1. The molecule has 0 aliphatic rings. The zero-order chi connectivity index (χ0) is 11.1. The highest BCUT2D eigenvalue weighted by Gasteiger charge is 2.15. The van der Waals surface area contributed by atoms with E-state index in [1.54, 1.807) is 0 Å². The van der Waals surface area contributed by atoms with E-state index in [0.29, 0.717) is 0 Å². The molecule has 3 N–H and O–H groups in total. The first-order valence-electron chi connectivity index (χ1n) is 3.77. The van der Waals surface area contributed by atoms with Crippen molar-refractivity contribution in [2.24, 2.45) is 5.73 Å². The molecule has 0 bridgehead atoms. The van der Waals surface area contributed by atoms with Gasteiger partial charge < -0.3 is 21.4 Å². The van der Waals surface area contributed by atoms with Crippen molar-refractivity contribution < 1.29 is 9.59 Å². The summed E-state index contributed by atoms with van der Waals surface area (Å²) in [6.07, 6.45) is 0. The third kappa shape index (κ3) is 4.26. The molecule has 8 heteroatoms. The fourth-order valence-corrected chi connectivity index (χ4v) is 0.941. The number of carbonyl (C=O) groups is 2. The first-order chi connectivity index (χ1) is 6.52. The lowest BCUT2D eigenvalue weighted by Crippen LogP contribution is -2.49. The van der Waals surface area contributed by atoms with Crippen LogP contribution in [0.2, 0.25) is 0 Å². The van der Waals surface area contributed by atoms with E-state index in [1.807, 2.05) is 0 Å². The molecule has 0 heterocycles. The third-order valence-electron chi connectivity index (χ3n) is 1.37. The van der Waals surface area contributed by atoms with Crippen LogP contribution in [-0.4, -0.2) is 47.9 Å². The number of halogens is 1. The molecular formula is C6H12ClN4O3-. The van der Waals surface area contributed by atoms with Crippen LogP contribution in [0.25, 0.3) is 0 Å². The molecule has 0 aromatic heterocycles. The molecule has 0 fully saturated rings. The Balaban J connectivity index is 4.19. The van der Waals surface area contributed by atoms with Gasteiger partial charge in [-0.15, -0.1) is 11.6 Å². The van der Waals surface area contributed by atoms with Crippen LogP contribution in [0.5, 0.6) is 0 Å². The topological polar surface area (TPSA) is 102 Å². The minimum atomic E-state index is -0.655. The quantitative estimate of drug-likeness (QED) is 0.464. The Hall–Kier alpha value is -1.05. The van der Waals surface area contributed by atoms with E-state index < -0.39 is 11.9 Å². The monoisotopic (exact) mass is 223 g/mol. The van der Waals surface area contributed by atoms with Crippen molar-refractivity contribution in [3.63, 3.8) is 0 Å². The Morgan fingerprint density at radius 2 is 2.14 bits per heavy atom. The van der Waals surface area contributed by atoms with Gasteiger partial charge in [0.15, 0.2) is 0 Å². The summed E-state index contributed by atoms with van der Waals surface area (Å²) < 4.78 is 0. The largest absolute Gasteiger partial charge is 0.770 e. The smallest absolute Gasteiger partial charge is 0.333 e. The van der Waals surface area contributed by atoms with Crippen LogP contribution in [0, 0.1) is 5.21 Å². The summed E-state index contributed by atoms with van der Waals surface area (Å²) in [6, 6.07) is -0.653. The number of nitrogens with two attached hydrogens (primary N) is 1. The van der Waals surface area contributed by atoms with Crippen molar-refractivity contribution in [2.45, 2.75) is 0 Å². The van der Waals surface area contributed by atoms with E-state index >= 15 is 0 Å². The van der Waals surface area contributed by atoms with Gasteiger partial charge in [0.1, 0.15) is 6.54 Å². The molecule has 82 valence electrons. The summed E-state index contributed by atoms with van der Waals surface area (Å²) in [5, 5.41) is 11.1. The summed E-state index contributed by atoms with van der Waals surface area (Å²) in [7, 11) is 1.35. The minimum Gasteiger partial charge on any atom is -0.770 e. The minimum absolute atomic E-state index is 0.0486. The first-order valence-corrected chi connectivity index (χ1v) is 4.31. The van der Waals surface area contributed by atoms with Gasteiger partial charge in [0, 0.05) is 12.9 Å². The van der Waals surface area contributed by atoms with Crippen molar-refractivity contribution in [1.82, 2.24) is 15.5 Å². The Kier molecular flexibility index (Phi) is 5.93. The molecule has 0 aromatic rings. The molecule has 7 nitrogen and oxygen atoms in total. The maximum Gasteiger partial charge on any atom is 0.333 e. The average Bonchev–Trinajstić information content (AvgIpc) is 2.12. The molecule has 0 saturated carbocycles. The van der Waals surface area contributed by atoms with Gasteiger partial charge in [0.2, 0.25) is 5.91 Å². The number of rotatable bonds is 5. The number of nitrogens with zero attached hydrogens (tertiary/aromatic N) is 2. The van der Waals surface area contributed by atoms with Gasteiger partial charge in [-0.2, -0.15) is 0 Å². The fourth-order valence-electron chi connectivity index (χ4n) is 0.772. The molecule has 3 amide bonds. The van der Waals surface area contributed by atoms with Gasteiger partial charge in [0.05, 0.1) is 6.54 Å². The lowest BCUT2D eigenvalue weighted by Gasteiger charge is -2.29. The van der Waals surface area contributed by atoms with Crippen LogP contribution in [0.1, 0.15) is 0 Å². The number of likely N-dealkylation sites (N-methyl/N-ethyl adjacent to an activating group) is 1. The second-order valence-electron chi connectivity index (χ2n) is 2.54. The van der Waals surface area contributed by atoms with Gasteiger partial charge in [-0.25, -0.2) is 4.79 Å². The summed E-state index contributed by atoms with van der Waals surface area (Å²) in [4.78, 5) is 22.8. The molecule has 0 spiro atoms. The molecule has 14 heavy (non-hydrogen) atoms. The zero-order valence-electron chi connectivity index (χ0n) is 7.70. The summed E-state index contributed by atoms with van der Waals surface area (Å²) >= 11 is 5.35. The number of amides is 3. The van der Waals surface area contributed by atoms with E-state index in [4.69, 9.17) is 17.3 Å². The highest BCUT2D eigenvalue weighted by atomic mass is 35.5. The standard InChI is InChI=1S/C6H12ClN4O3/c1-10(4-5(8)12)6(13)11(9-14)3-2-7/h9H,2-4H2,1H3,(H2,8,12)/q-1. The lowest BCUT2D eigenvalue weighted by molar-refractivity contribution is -0.118. The van der Waals surface area contributed by atoms with Gasteiger partial charge in [0.25, 0.3) is 0 Å². The van der Waals surface area contributed by atoms with Crippen LogP contribution in [0.3, 0.4) is 0 Å². The van der Waals surface area contributed by atoms with Crippen LogP contribution < -0.4 is 11.3 Å². The molecule has 0 aliphatic carbocycles. The molecule has 0 radical (unpaired) electrons. The van der Waals surface area contributed by atoms with Crippen LogP contribution in [0.4, 0.5) is 4.79 Å². The average molecular weight is 224 g/mol. The summed E-state index contributed by atoms with van der Waals surface area (Å²) in [6.45, 7) is -0.202. The number of primary amides is 1. The van der Waals surface area contributed by atoms with Crippen LogP contribution in [0.15, 0.2) is 0 Å². The van der Waals surface area contributed by atoms with Crippen molar-refractivity contribution in [1.29, 1.82) is 0 Å². The Morgan fingerprint density at radius 3 is 2.50 bits per heavy atom. The number of alkyl halides is 1. The summed E-state index contributed by atoms with van der Waals surface area (Å²) in [5.41, 5.74) is 6.28. The second kappa shape index (κ2) is 6.41.